The van der Waals surface area contributed by atoms with E-state index >= 15 is 0 Å². The van der Waals surface area contributed by atoms with Crippen LogP contribution in [0.2, 0.25) is 5.02 Å². The number of halogens is 1. The van der Waals surface area contributed by atoms with E-state index in [9.17, 15) is 14.4 Å². The fraction of sp³-hybridized carbons (Fsp3) is 0.471. The maximum Gasteiger partial charge on any atom is 0.332 e. The number of aliphatic carboxylic acids is 1. The van der Waals surface area contributed by atoms with Gasteiger partial charge >= 0.3 is 5.97 Å². The van der Waals surface area contributed by atoms with Crippen LogP contribution < -0.4 is 5.32 Å². The van der Waals surface area contributed by atoms with Crippen molar-refractivity contribution in [3.63, 3.8) is 0 Å². The molecule has 0 aromatic heterocycles. The first-order chi connectivity index (χ1) is 11.9. The molecule has 7 nitrogen and oxygen atoms in total. The molecule has 0 unspecified atom stereocenters. The molecule has 2 amide bonds. The largest absolute Gasteiger partial charge is 0.479 e. The van der Waals surface area contributed by atoms with Crippen molar-refractivity contribution in [1.29, 1.82) is 0 Å². The molecule has 0 radical (unpaired) electrons. The molecule has 8 heteroatoms. The van der Waals surface area contributed by atoms with Gasteiger partial charge in [-0.25, -0.2) is 4.79 Å². The molecule has 0 spiro atoms. The molecule has 136 valence electrons. The second kappa shape index (κ2) is 8.31. The summed E-state index contributed by atoms with van der Waals surface area (Å²) < 4.78 is 5.20. The summed E-state index contributed by atoms with van der Waals surface area (Å²) in [6, 6.07) is 4.65. The van der Waals surface area contributed by atoms with Crippen molar-refractivity contribution in [2.75, 3.05) is 18.4 Å². The molecule has 2 N–H and O–H groups in total. The smallest absolute Gasteiger partial charge is 0.332 e. The number of hydrogen-bond donors (Lipinski definition) is 2. The molecular weight excluding hydrogens is 348 g/mol. The van der Waals surface area contributed by atoms with E-state index in [4.69, 9.17) is 21.4 Å². The predicted molar refractivity (Wildman–Crippen MR) is 92.9 cm³/mol. The normalized spacial score (nSPS) is 19.5. The summed E-state index contributed by atoms with van der Waals surface area (Å²) in [5.74, 6) is -1.67. The Labute approximate surface area is 150 Å². The number of carboxylic acids is 1. The Bertz CT molecular complexity index is 675. The zero-order valence-corrected chi connectivity index (χ0v) is 14.9. The predicted octanol–water partition coefficient (Wildman–Crippen LogP) is 2.39. The van der Waals surface area contributed by atoms with Gasteiger partial charge < -0.3 is 20.1 Å². The number of anilines is 1. The van der Waals surface area contributed by atoms with Crippen molar-refractivity contribution in [2.24, 2.45) is 0 Å². The van der Waals surface area contributed by atoms with Crippen molar-refractivity contribution < 1.29 is 24.2 Å². The zero-order valence-electron chi connectivity index (χ0n) is 14.1. The topological polar surface area (TPSA) is 95.9 Å². The van der Waals surface area contributed by atoms with Crippen molar-refractivity contribution in [3.8, 4) is 0 Å². The third kappa shape index (κ3) is 4.49. The lowest BCUT2D eigenvalue weighted by Gasteiger charge is -2.19. The van der Waals surface area contributed by atoms with Gasteiger partial charge in [0.25, 0.3) is 11.8 Å². The fourth-order valence-electron chi connectivity index (χ4n) is 2.68. The molecule has 1 aromatic carbocycles. The second-order valence-corrected chi connectivity index (χ2v) is 6.10. The van der Waals surface area contributed by atoms with Gasteiger partial charge in [-0.15, -0.1) is 0 Å². The van der Waals surface area contributed by atoms with E-state index in [-0.39, 0.29) is 10.9 Å². The molecule has 25 heavy (non-hydrogen) atoms. The molecule has 1 aliphatic rings. The summed E-state index contributed by atoms with van der Waals surface area (Å²) in [4.78, 5) is 37.0. The van der Waals surface area contributed by atoms with Crippen molar-refractivity contribution in [1.82, 2.24) is 4.90 Å². The Morgan fingerprint density at radius 1 is 1.24 bits per heavy atom. The highest BCUT2D eigenvalue weighted by atomic mass is 35.5. The molecule has 1 aliphatic heterocycles. The Morgan fingerprint density at radius 3 is 2.40 bits per heavy atom. The number of carbonyl (C=O) groups excluding carboxylic acids is 2. The van der Waals surface area contributed by atoms with Crippen LogP contribution in [0.5, 0.6) is 0 Å². The lowest BCUT2D eigenvalue weighted by molar-refractivity contribution is -0.150. The van der Waals surface area contributed by atoms with E-state index in [1.807, 2.05) is 13.8 Å². The maximum atomic E-state index is 12.3. The molecule has 0 bridgehead atoms. The first-order valence-corrected chi connectivity index (χ1v) is 8.53. The van der Waals surface area contributed by atoms with Crippen LogP contribution in [-0.4, -0.2) is 53.1 Å². The SMILES string of the molecule is CCN(CC)C(=O)c1ccc(NC(=O)[C@@H]2CC[C@H](C(=O)O)O2)cc1Cl. The molecule has 1 saturated heterocycles. The van der Waals surface area contributed by atoms with E-state index in [1.165, 1.54) is 6.07 Å². The van der Waals surface area contributed by atoms with Crippen LogP contribution in [0.1, 0.15) is 37.0 Å². The lowest BCUT2D eigenvalue weighted by atomic mass is 10.1. The number of rotatable bonds is 6. The lowest BCUT2D eigenvalue weighted by Crippen LogP contribution is -2.31. The summed E-state index contributed by atoms with van der Waals surface area (Å²) in [5.41, 5.74) is 0.792. The van der Waals surface area contributed by atoms with Crippen molar-refractivity contribution >= 4 is 35.1 Å². The number of nitrogens with one attached hydrogen (secondary N) is 1. The van der Waals surface area contributed by atoms with Crippen molar-refractivity contribution in [2.45, 2.75) is 38.9 Å². The number of ether oxygens (including phenoxy) is 1. The highest BCUT2D eigenvalue weighted by Gasteiger charge is 2.34. The average molecular weight is 369 g/mol. The van der Waals surface area contributed by atoms with Crippen LogP contribution in [0.25, 0.3) is 0 Å². The minimum absolute atomic E-state index is 0.170. The first-order valence-electron chi connectivity index (χ1n) is 8.15. The van der Waals surface area contributed by atoms with Gasteiger partial charge in [0.15, 0.2) is 6.10 Å². The van der Waals surface area contributed by atoms with E-state index in [0.717, 1.165) is 0 Å². The molecule has 2 rings (SSSR count). The van der Waals surface area contributed by atoms with Crippen LogP contribution in [0.4, 0.5) is 5.69 Å². The van der Waals surface area contributed by atoms with Gasteiger partial charge in [0.05, 0.1) is 10.6 Å². The number of hydrogen-bond acceptors (Lipinski definition) is 4. The molecule has 0 aliphatic carbocycles. The number of carboxylic acid groups (broad SMARTS) is 1. The second-order valence-electron chi connectivity index (χ2n) is 5.69. The molecule has 2 atom stereocenters. The van der Waals surface area contributed by atoms with Gasteiger partial charge in [-0.1, -0.05) is 11.6 Å². The van der Waals surface area contributed by atoms with E-state index in [0.29, 0.717) is 37.2 Å². The standard InChI is InChI=1S/C17H21ClN2O5/c1-3-20(4-2)16(22)11-6-5-10(9-12(11)18)19-15(21)13-7-8-14(25-13)17(23)24/h5-6,9,13-14H,3-4,7-8H2,1-2H3,(H,19,21)(H,23,24)/t13-,14+/m0/s1. The van der Waals surface area contributed by atoms with Gasteiger partial charge in [-0.05, 0) is 44.9 Å². The number of benzene rings is 1. The van der Waals surface area contributed by atoms with Crippen molar-refractivity contribution in [3.05, 3.63) is 28.8 Å². The van der Waals surface area contributed by atoms with Gasteiger partial charge in [0.2, 0.25) is 0 Å². The molecule has 1 fully saturated rings. The maximum absolute atomic E-state index is 12.3. The van der Waals surface area contributed by atoms with Crippen LogP contribution >= 0.6 is 11.6 Å². The summed E-state index contributed by atoms with van der Waals surface area (Å²) in [5, 5.41) is 11.8. The van der Waals surface area contributed by atoms with E-state index in [2.05, 4.69) is 5.32 Å². The minimum Gasteiger partial charge on any atom is -0.479 e. The van der Waals surface area contributed by atoms with Crippen LogP contribution in [-0.2, 0) is 14.3 Å². The highest BCUT2D eigenvalue weighted by Crippen LogP contribution is 2.25. The van der Waals surface area contributed by atoms with Gasteiger partial charge in [-0.2, -0.15) is 0 Å². The minimum atomic E-state index is -1.07. The Hall–Kier alpha value is -2.12. The Kier molecular flexibility index (Phi) is 6.39. The van der Waals surface area contributed by atoms with Crippen LogP contribution in [0.3, 0.4) is 0 Å². The summed E-state index contributed by atoms with van der Waals surface area (Å²) in [6.45, 7) is 4.92. The molecule has 1 aromatic rings. The number of carbonyl (C=O) groups is 3. The Balaban J connectivity index is 2.04. The fourth-order valence-corrected chi connectivity index (χ4v) is 2.94. The first kappa shape index (κ1) is 19.2. The van der Waals surface area contributed by atoms with E-state index < -0.39 is 24.1 Å². The molecule has 1 heterocycles. The molecular formula is C17H21ClN2O5. The van der Waals surface area contributed by atoms with Crippen LogP contribution in [0, 0.1) is 0 Å². The highest BCUT2D eigenvalue weighted by molar-refractivity contribution is 6.34. The van der Waals surface area contributed by atoms with Gasteiger partial charge in [-0.3, -0.25) is 9.59 Å². The molecule has 0 saturated carbocycles. The third-order valence-corrected chi connectivity index (χ3v) is 4.42. The van der Waals surface area contributed by atoms with Gasteiger partial charge in [0.1, 0.15) is 6.10 Å². The quantitative estimate of drug-likeness (QED) is 0.803. The summed E-state index contributed by atoms with van der Waals surface area (Å²) >= 11 is 6.18. The third-order valence-electron chi connectivity index (χ3n) is 4.11. The zero-order chi connectivity index (χ0) is 18.6. The van der Waals surface area contributed by atoms with Crippen LogP contribution in [0.15, 0.2) is 18.2 Å². The summed E-state index contributed by atoms with van der Waals surface area (Å²) in [7, 11) is 0. The van der Waals surface area contributed by atoms with Gasteiger partial charge in [0, 0.05) is 18.8 Å². The monoisotopic (exact) mass is 368 g/mol. The average Bonchev–Trinajstić information content (AvgIpc) is 3.06. The van der Waals surface area contributed by atoms with E-state index in [1.54, 1.807) is 17.0 Å². The number of amides is 2. The Morgan fingerprint density at radius 2 is 1.88 bits per heavy atom. The summed E-state index contributed by atoms with van der Waals surface area (Å²) in [6.07, 6.45) is -1.12. The number of nitrogens with zero attached hydrogens (tertiary/aromatic N) is 1.